The van der Waals surface area contributed by atoms with Gasteiger partial charge in [-0.3, -0.25) is 4.79 Å². The molecule has 1 aliphatic heterocycles. The molecule has 0 spiro atoms. The number of aliphatic imine (C=N–C) groups is 1. The smallest absolute Gasteiger partial charge is 0.264 e. The standard InChI is InChI=1S/C25H19BrClFN2O3S/c1-14-18(27)7-5-9-20(14)29-25-30-24(31)23(34-25)11-16-10-21(32-2)22(12-17(16)26)33-13-15-6-3-4-8-19(15)28/h3-12H,13H2,1-2H3,(H,29,30,31)/b23-11+. The SMILES string of the molecule is COc1cc(/C=C2/SC(=Nc3cccc(Cl)c3C)NC2=O)c(Br)cc1OCc1ccccc1F. The number of thioether (sulfide) groups is 1. The van der Waals surface area contributed by atoms with Gasteiger partial charge in [-0.25, -0.2) is 9.38 Å². The van der Waals surface area contributed by atoms with Crippen LogP contribution >= 0.6 is 39.3 Å². The van der Waals surface area contributed by atoms with Crippen LogP contribution in [-0.4, -0.2) is 18.2 Å². The third kappa shape index (κ3) is 5.46. The molecule has 1 saturated heterocycles. The molecule has 0 radical (unpaired) electrons. The van der Waals surface area contributed by atoms with Gasteiger partial charge < -0.3 is 14.8 Å². The molecule has 174 valence electrons. The lowest BCUT2D eigenvalue weighted by Crippen LogP contribution is -2.19. The number of amidine groups is 1. The van der Waals surface area contributed by atoms with Gasteiger partial charge in [-0.2, -0.15) is 0 Å². The van der Waals surface area contributed by atoms with E-state index in [-0.39, 0.29) is 18.3 Å². The van der Waals surface area contributed by atoms with E-state index >= 15 is 0 Å². The van der Waals surface area contributed by atoms with E-state index in [1.54, 1.807) is 42.5 Å². The number of nitrogens with zero attached hydrogens (tertiary/aromatic N) is 1. The lowest BCUT2D eigenvalue weighted by molar-refractivity contribution is -0.115. The normalized spacial score (nSPS) is 15.6. The predicted molar refractivity (Wildman–Crippen MR) is 138 cm³/mol. The average Bonchev–Trinajstić information content (AvgIpc) is 3.16. The summed E-state index contributed by atoms with van der Waals surface area (Å²) in [5, 5.41) is 3.86. The maximum atomic E-state index is 13.9. The fraction of sp³-hybridized carbons (Fsp3) is 0.120. The Morgan fingerprint density at radius 3 is 2.74 bits per heavy atom. The van der Waals surface area contributed by atoms with Crippen LogP contribution in [0.5, 0.6) is 11.5 Å². The molecule has 1 aliphatic rings. The molecule has 0 saturated carbocycles. The second kappa shape index (κ2) is 10.6. The number of rotatable bonds is 6. The first-order valence-corrected chi connectivity index (χ1v) is 12.1. The van der Waals surface area contributed by atoms with Crippen molar-refractivity contribution in [1.29, 1.82) is 0 Å². The zero-order chi connectivity index (χ0) is 24.2. The Morgan fingerprint density at radius 1 is 1.18 bits per heavy atom. The second-order valence-corrected chi connectivity index (χ2v) is 9.56. The van der Waals surface area contributed by atoms with Gasteiger partial charge in [-0.1, -0.05) is 51.8 Å². The van der Waals surface area contributed by atoms with Crippen LogP contribution in [0.25, 0.3) is 6.08 Å². The van der Waals surface area contributed by atoms with E-state index in [0.29, 0.717) is 47.9 Å². The van der Waals surface area contributed by atoms with Crippen molar-refractivity contribution in [1.82, 2.24) is 5.32 Å². The number of hydrogen-bond donors (Lipinski definition) is 1. The largest absolute Gasteiger partial charge is 0.493 e. The molecule has 3 aromatic rings. The molecule has 0 bridgehead atoms. The Hall–Kier alpha value is -2.81. The quantitative estimate of drug-likeness (QED) is 0.328. The van der Waals surface area contributed by atoms with Crippen LogP contribution in [0.3, 0.4) is 0 Å². The van der Waals surface area contributed by atoms with Crippen molar-refractivity contribution >= 4 is 62.1 Å². The lowest BCUT2D eigenvalue weighted by Gasteiger charge is -2.13. The molecule has 9 heteroatoms. The van der Waals surface area contributed by atoms with Crippen LogP contribution in [-0.2, 0) is 11.4 Å². The topological polar surface area (TPSA) is 59.9 Å². The highest BCUT2D eigenvalue weighted by Gasteiger charge is 2.25. The highest BCUT2D eigenvalue weighted by molar-refractivity contribution is 9.10. The van der Waals surface area contributed by atoms with Crippen LogP contribution in [0.4, 0.5) is 10.1 Å². The Labute approximate surface area is 214 Å². The highest BCUT2D eigenvalue weighted by atomic mass is 79.9. The minimum Gasteiger partial charge on any atom is -0.493 e. The summed E-state index contributed by atoms with van der Waals surface area (Å²) >= 11 is 10.9. The van der Waals surface area contributed by atoms with Crippen LogP contribution < -0.4 is 14.8 Å². The van der Waals surface area contributed by atoms with Crippen LogP contribution in [0.2, 0.25) is 5.02 Å². The van der Waals surface area contributed by atoms with Crippen molar-refractivity contribution in [2.45, 2.75) is 13.5 Å². The molecular weight excluding hydrogens is 543 g/mol. The molecule has 1 amide bonds. The Balaban J connectivity index is 1.56. The van der Waals surface area contributed by atoms with Gasteiger partial charge in [0.1, 0.15) is 12.4 Å². The number of nitrogens with one attached hydrogen (secondary N) is 1. The second-order valence-electron chi connectivity index (χ2n) is 7.27. The van der Waals surface area contributed by atoms with Gasteiger partial charge in [0, 0.05) is 15.1 Å². The summed E-state index contributed by atoms with van der Waals surface area (Å²) in [7, 11) is 1.52. The molecule has 5 nitrogen and oxygen atoms in total. The summed E-state index contributed by atoms with van der Waals surface area (Å²) in [6.07, 6.45) is 1.74. The Bertz CT molecular complexity index is 1330. The highest BCUT2D eigenvalue weighted by Crippen LogP contribution is 2.37. The van der Waals surface area contributed by atoms with Gasteiger partial charge in [-0.15, -0.1) is 0 Å². The average molecular weight is 562 g/mol. The van der Waals surface area contributed by atoms with Gasteiger partial charge >= 0.3 is 0 Å². The van der Waals surface area contributed by atoms with Crippen molar-refractivity contribution in [2.75, 3.05) is 7.11 Å². The first-order valence-electron chi connectivity index (χ1n) is 10.1. The summed E-state index contributed by atoms with van der Waals surface area (Å²) in [5.74, 6) is 0.311. The summed E-state index contributed by atoms with van der Waals surface area (Å²) in [6, 6.07) is 15.3. The summed E-state index contributed by atoms with van der Waals surface area (Å²) in [4.78, 5) is 17.5. The van der Waals surface area contributed by atoms with Crippen LogP contribution in [0.1, 0.15) is 16.7 Å². The zero-order valence-corrected chi connectivity index (χ0v) is 21.4. The van der Waals surface area contributed by atoms with Crippen molar-refractivity contribution in [2.24, 2.45) is 4.99 Å². The summed E-state index contributed by atoms with van der Waals surface area (Å²) in [5.41, 5.74) is 2.68. The van der Waals surface area contributed by atoms with E-state index in [2.05, 4.69) is 26.2 Å². The van der Waals surface area contributed by atoms with Gasteiger partial charge in [0.05, 0.1) is 17.7 Å². The summed E-state index contributed by atoms with van der Waals surface area (Å²) < 4.78 is 25.9. The van der Waals surface area contributed by atoms with Gasteiger partial charge in [0.15, 0.2) is 16.7 Å². The molecular formula is C25H19BrClFN2O3S. The van der Waals surface area contributed by atoms with Gasteiger partial charge in [0.25, 0.3) is 5.91 Å². The third-order valence-corrected chi connectivity index (χ3v) is 7.03. The Kier molecular flexibility index (Phi) is 7.60. The number of ether oxygens (including phenoxy) is 2. The molecule has 0 atom stereocenters. The predicted octanol–water partition coefficient (Wildman–Crippen LogP) is 7.03. The zero-order valence-electron chi connectivity index (χ0n) is 18.2. The van der Waals surface area contributed by atoms with E-state index in [1.807, 2.05) is 19.1 Å². The van der Waals surface area contributed by atoms with Crippen molar-refractivity contribution < 1.29 is 18.7 Å². The van der Waals surface area contributed by atoms with Crippen LogP contribution in [0, 0.1) is 12.7 Å². The number of carbonyl (C=O) groups excluding carboxylic acids is 1. The molecule has 1 heterocycles. The number of benzene rings is 3. The molecule has 0 aromatic heterocycles. The summed E-state index contributed by atoms with van der Waals surface area (Å²) in [6.45, 7) is 1.93. The molecule has 0 unspecified atom stereocenters. The van der Waals surface area contributed by atoms with E-state index < -0.39 is 0 Å². The third-order valence-electron chi connectivity index (χ3n) is 5.02. The van der Waals surface area contributed by atoms with Crippen molar-refractivity contribution in [3.63, 3.8) is 0 Å². The van der Waals surface area contributed by atoms with Crippen molar-refractivity contribution in [3.05, 3.63) is 91.5 Å². The molecule has 3 aromatic carbocycles. The maximum absolute atomic E-state index is 13.9. The minimum absolute atomic E-state index is 0.0525. The van der Waals surface area contributed by atoms with E-state index in [9.17, 15) is 9.18 Å². The first kappa shape index (κ1) is 24.3. The van der Waals surface area contributed by atoms with Gasteiger partial charge in [-0.05, 0) is 66.2 Å². The number of hydrogen-bond acceptors (Lipinski definition) is 5. The molecule has 0 aliphatic carbocycles. The van der Waals surface area contributed by atoms with Crippen LogP contribution in [0.15, 0.2) is 69.0 Å². The van der Waals surface area contributed by atoms with E-state index in [1.165, 1.54) is 24.9 Å². The van der Waals surface area contributed by atoms with Crippen molar-refractivity contribution in [3.8, 4) is 11.5 Å². The fourth-order valence-electron chi connectivity index (χ4n) is 3.15. The molecule has 1 fully saturated rings. The van der Waals surface area contributed by atoms with E-state index in [4.69, 9.17) is 21.1 Å². The monoisotopic (exact) mass is 560 g/mol. The molecule has 1 N–H and O–H groups in total. The lowest BCUT2D eigenvalue weighted by atomic mass is 10.1. The van der Waals surface area contributed by atoms with Gasteiger partial charge in [0.2, 0.25) is 0 Å². The van der Waals surface area contributed by atoms with E-state index in [0.717, 1.165) is 5.56 Å². The maximum Gasteiger partial charge on any atom is 0.264 e. The number of halogens is 3. The first-order chi connectivity index (χ1) is 16.4. The fourth-order valence-corrected chi connectivity index (χ4v) is 4.59. The number of methoxy groups -OCH3 is 1. The minimum atomic E-state index is -0.336. The molecule has 34 heavy (non-hydrogen) atoms. The Morgan fingerprint density at radius 2 is 1.97 bits per heavy atom. The number of carbonyl (C=O) groups is 1. The molecule has 4 rings (SSSR count). The number of amides is 1.